The molecule has 0 aromatic heterocycles. The van der Waals surface area contributed by atoms with Crippen LogP contribution in [0.4, 0.5) is 0 Å². The third kappa shape index (κ3) is 56.7. The number of esters is 3. The van der Waals surface area contributed by atoms with E-state index < -0.39 is 6.10 Å². The molecule has 0 saturated heterocycles. The van der Waals surface area contributed by atoms with Gasteiger partial charge in [0, 0.05) is 19.3 Å². The second-order valence-corrected chi connectivity index (χ2v) is 19.2. The fraction of sp³-hybridized carbons (Fsp3) is 0.652. The Kier molecular flexibility index (Phi) is 55.9. The Labute approximate surface area is 443 Å². The topological polar surface area (TPSA) is 78.9 Å². The van der Waals surface area contributed by atoms with Gasteiger partial charge in [-0.2, -0.15) is 0 Å². The molecule has 0 aliphatic rings. The quantitative estimate of drug-likeness (QED) is 0.0261. The second-order valence-electron chi connectivity index (χ2n) is 19.2. The van der Waals surface area contributed by atoms with E-state index >= 15 is 0 Å². The predicted octanol–water partition coefficient (Wildman–Crippen LogP) is 20.0. The minimum absolute atomic E-state index is 0.101. The number of carbonyl (C=O) groups is 3. The third-order valence-corrected chi connectivity index (χ3v) is 12.2. The molecule has 0 bridgehead atoms. The van der Waals surface area contributed by atoms with Gasteiger partial charge in [0.2, 0.25) is 0 Å². The Morgan fingerprint density at radius 1 is 0.292 bits per heavy atom. The Balaban J connectivity index is 4.39. The first-order chi connectivity index (χ1) is 35.5. The van der Waals surface area contributed by atoms with E-state index in [1.54, 1.807) is 0 Å². The van der Waals surface area contributed by atoms with Crippen molar-refractivity contribution in [2.45, 2.75) is 264 Å². The van der Waals surface area contributed by atoms with Gasteiger partial charge in [0.15, 0.2) is 6.10 Å². The number of rotatable bonds is 52. The molecule has 6 nitrogen and oxygen atoms in total. The van der Waals surface area contributed by atoms with Gasteiger partial charge in [-0.05, 0) is 103 Å². The van der Waals surface area contributed by atoms with Gasteiger partial charge in [-0.15, -0.1) is 0 Å². The zero-order valence-corrected chi connectivity index (χ0v) is 46.7. The summed E-state index contributed by atoms with van der Waals surface area (Å²) in [7, 11) is 0. The highest BCUT2D eigenvalue weighted by molar-refractivity contribution is 5.71. The molecule has 0 fully saturated rings. The van der Waals surface area contributed by atoms with Crippen molar-refractivity contribution >= 4 is 17.9 Å². The van der Waals surface area contributed by atoms with Crippen LogP contribution in [0.2, 0.25) is 0 Å². The van der Waals surface area contributed by atoms with E-state index in [9.17, 15) is 14.4 Å². The van der Waals surface area contributed by atoms with Crippen molar-refractivity contribution in [2.75, 3.05) is 13.2 Å². The maximum Gasteiger partial charge on any atom is 0.306 e. The molecule has 0 radical (unpaired) electrons. The molecule has 0 heterocycles. The summed E-state index contributed by atoms with van der Waals surface area (Å²) < 4.78 is 16.8. The van der Waals surface area contributed by atoms with Crippen LogP contribution in [0.3, 0.4) is 0 Å². The maximum absolute atomic E-state index is 12.8. The summed E-state index contributed by atoms with van der Waals surface area (Å²) in [5, 5.41) is 0. The van der Waals surface area contributed by atoms with Crippen LogP contribution in [0.5, 0.6) is 0 Å². The van der Waals surface area contributed by atoms with Crippen LogP contribution in [0.15, 0.2) is 122 Å². The van der Waals surface area contributed by atoms with Gasteiger partial charge in [0.25, 0.3) is 0 Å². The second kappa shape index (κ2) is 59.4. The predicted molar refractivity (Wildman–Crippen MR) is 311 cm³/mol. The Morgan fingerprint density at radius 2 is 0.569 bits per heavy atom. The molecule has 0 N–H and O–H groups in total. The van der Waals surface area contributed by atoms with Crippen molar-refractivity contribution in [3.63, 3.8) is 0 Å². The Morgan fingerprint density at radius 3 is 0.958 bits per heavy atom. The summed E-state index contributed by atoms with van der Waals surface area (Å²) in [6, 6.07) is 0. The van der Waals surface area contributed by atoms with Crippen molar-refractivity contribution in [3.05, 3.63) is 122 Å². The van der Waals surface area contributed by atoms with Gasteiger partial charge >= 0.3 is 17.9 Å². The molecule has 0 saturated carbocycles. The van der Waals surface area contributed by atoms with E-state index in [0.717, 1.165) is 116 Å². The molecule has 1 atom stereocenters. The normalized spacial score (nSPS) is 13.0. The Bertz CT molecular complexity index is 1520. The van der Waals surface area contributed by atoms with Crippen LogP contribution in [0, 0.1) is 0 Å². The van der Waals surface area contributed by atoms with Gasteiger partial charge in [0.05, 0.1) is 0 Å². The van der Waals surface area contributed by atoms with Gasteiger partial charge in [-0.25, -0.2) is 0 Å². The molecule has 72 heavy (non-hydrogen) atoms. The highest BCUT2D eigenvalue weighted by Gasteiger charge is 2.19. The fourth-order valence-electron chi connectivity index (χ4n) is 7.78. The third-order valence-electron chi connectivity index (χ3n) is 12.2. The molecule has 1 unspecified atom stereocenters. The van der Waals surface area contributed by atoms with Crippen LogP contribution < -0.4 is 0 Å². The van der Waals surface area contributed by atoms with Crippen LogP contribution in [-0.2, 0) is 28.6 Å². The summed E-state index contributed by atoms with van der Waals surface area (Å²) >= 11 is 0. The van der Waals surface area contributed by atoms with Crippen molar-refractivity contribution in [1.82, 2.24) is 0 Å². The molecule has 0 amide bonds. The van der Waals surface area contributed by atoms with Gasteiger partial charge in [-0.3, -0.25) is 14.4 Å². The number of hydrogen-bond acceptors (Lipinski definition) is 6. The van der Waals surface area contributed by atoms with Crippen molar-refractivity contribution in [3.8, 4) is 0 Å². The van der Waals surface area contributed by atoms with E-state index in [0.29, 0.717) is 19.3 Å². The largest absolute Gasteiger partial charge is 0.462 e. The van der Waals surface area contributed by atoms with E-state index in [1.165, 1.54) is 96.3 Å². The fourth-order valence-corrected chi connectivity index (χ4v) is 7.78. The zero-order chi connectivity index (χ0) is 52.2. The summed E-state index contributed by atoms with van der Waals surface area (Å²) in [6.45, 7) is 6.43. The molecule has 0 spiro atoms. The monoisotopic (exact) mass is 997 g/mol. The summed E-state index contributed by atoms with van der Waals surface area (Å²) in [6.07, 6.45) is 82.0. The van der Waals surface area contributed by atoms with Crippen molar-refractivity contribution < 1.29 is 28.6 Å². The number of unbranched alkanes of at least 4 members (excludes halogenated alkanes) is 21. The maximum atomic E-state index is 12.8. The average Bonchev–Trinajstić information content (AvgIpc) is 3.38. The molecule has 0 aromatic rings. The summed E-state index contributed by atoms with van der Waals surface area (Å²) in [4.78, 5) is 38.1. The van der Waals surface area contributed by atoms with Gasteiger partial charge in [-0.1, -0.05) is 258 Å². The zero-order valence-electron chi connectivity index (χ0n) is 46.7. The smallest absolute Gasteiger partial charge is 0.306 e. The van der Waals surface area contributed by atoms with Crippen molar-refractivity contribution in [1.29, 1.82) is 0 Å². The van der Waals surface area contributed by atoms with Crippen LogP contribution >= 0.6 is 0 Å². The standard InChI is InChI=1S/C66H108O6/c1-4-7-10-13-16-19-22-24-26-27-28-29-30-31-32-33-34-35-36-37-38-39-40-42-44-47-50-53-56-59-65(68)71-62-63(61-70-64(67)58-55-52-49-46-43-21-18-15-12-9-6-3)72-66(69)60-57-54-51-48-45-41-25-23-20-17-14-11-8-5-2/h7,10,15-16,18-19,24,26,28-29,31-32,34-35,37-38,40,42,47,50,63H,4-6,8-9,11-14,17,20-23,25,27,30,33,36,39,41,43-46,48-49,51-62H2,1-3H3/b10-7-,18-15-,19-16-,26-24-,29-28-,32-31-,35-34-,38-37-,42-40-,50-47-. The first-order valence-electron chi connectivity index (χ1n) is 29.5. The number of carbonyl (C=O) groups excluding carboxylic acids is 3. The lowest BCUT2D eigenvalue weighted by molar-refractivity contribution is -0.167. The highest BCUT2D eigenvalue weighted by Crippen LogP contribution is 2.15. The molecule has 0 aliphatic carbocycles. The minimum Gasteiger partial charge on any atom is -0.462 e. The lowest BCUT2D eigenvalue weighted by atomic mass is 10.0. The van der Waals surface area contributed by atoms with Crippen LogP contribution in [-0.4, -0.2) is 37.2 Å². The van der Waals surface area contributed by atoms with Gasteiger partial charge < -0.3 is 14.2 Å². The van der Waals surface area contributed by atoms with Gasteiger partial charge in [0.1, 0.15) is 13.2 Å². The molecular formula is C66H108O6. The van der Waals surface area contributed by atoms with Crippen LogP contribution in [0.1, 0.15) is 258 Å². The minimum atomic E-state index is -0.805. The molecule has 0 aromatic carbocycles. The van der Waals surface area contributed by atoms with E-state index in [2.05, 4.69) is 142 Å². The lowest BCUT2D eigenvalue weighted by Crippen LogP contribution is -2.30. The van der Waals surface area contributed by atoms with E-state index in [1.807, 2.05) is 0 Å². The first-order valence-corrected chi connectivity index (χ1v) is 29.5. The number of hydrogen-bond donors (Lipinski definition) is 0. The van der Waals surface area contributed by atoms with E-state index in [-0.39, 0.29) is 37.5 Å². The summed E-state index contributed by atoms with van der Waals surface area (Å²) in [5.41, 5.74) is 0. The van der Waals surface area contributed by atoms with Crippen LogP contribution in [0.25, 0.3) is 0 Å². The summed E-state index contributed by atoms with van der Waals surface area (Å²) in [5.74, 6) is -0.972. The highest BCUT2D eigenvalue weighted by atomic mass is 16.6. The average molecular weight is 998 g/mol. The Hall–Kier alpha value is -4.19. The molecule has 0 aliphatic heterocycles. The van der Waals surface area contributed by atoms with E-state index in [4.69, 9.17) is 14.2 Å². The SMILES string of the molecule is CC/C=C\C/C=C\C/C=C\C/C=C\C/C=C\C/C=C\C/C=C\C/C=C\C/C=C\CCCC(=O)OCC(COC(=O)CCCCCCC/C=C\CCCC)OC(=O)CCCCCCCCCCCCCCCC. The lowest BCUT2D eigenvalue weighted by Gasteiger charge is -2.18. The van der Waals surface area contributed by atoms with Crippen molar-refractivity contribution in [2.24, 2.45) is 0 Å². The molecule has 0 rings (SSSR count). The number of allylic oxidation sites excluding steroid dienone is 20. The first kappa shape index (κ1) is 67.8. The number of ether oxygens (including phenoxy) is 3. The molecule has 6 heteroatoms. The molecular weight excluding hydrogens is 889 g/mol. The molecule has 408 valence electrons.